The second kappa shape index (κ2) is 4.02. The van der Waals surface area contributed by atoms with E-state index in [1.54, 1.807) is 11.8 Å². The number of hydrogen-bond acceptors (Lipinski definition) is 3. The van der Waals surface area contributed by atoms with E-state index in [1.165, 1.54) is 0 Å². The van der Waals surface area contributed by atoms with E-state index in [1.807, 2.05) is 31.3 Å². The Bertz CT molecular complexity index is 481. The van der Waals surface area contributed by atoms with Crippen LogP contribution < -0.4 is 4.74 Å². The Labute approximate surface area is 96.0 Å². The van der Waals surface area contributed by atoms with E-state index >= 15 is 0 Å². The van der Waals surface area contributed by atoms with Gasteiger partial charge in [-0.2, -0.15) is 0 Å². The van der Waals surface area contributed by atoms with Crippen molar-refractivity contribution in [3.63, 3.8) is 0 Å². The first-order valence-corrected chi connectivity index (χ1v) is 5.21. The molecule has 0 bridgehead atoms. The summed E-state index contributed by atoms with van der Waals surface area (Å²) in [6.07, 6.45) is 0. The number of ether oxygens (including phenoxy) is 1. The van der Waals surface area contributed by atoms with Crippen molar-refractivity contribution in [1.29, 1.82) is 0 Å². The molecule has 0 saturated heterocycles. The highest BCUT2D eigenvalue weighted by Crippen LogP contribution is 2.28. The maximum absolute atomic E-state index is 5.27. The van der Waals surface area contributed by atoms with Gasteiger partial charge in [0.2, 0.25) is 4.73 Å². The topological polar surface area (TPSA) is 39.9 Å². The van der Waals surface area contributed by atoms with Crippen LogP contribution in [0.5, 0.6) is 5.75 Å². The Hall–Kier alpha value is -1.36. The molecule has 1 heterocycles. The maximum atomic E-state index is 5.27. The Morgan fingerprint density at radius 3 is 2.67 bits per heavy atom. The summed E-state index contributed by atoms with van der Waals surface area (Å²) < 4.78 is 7.55. The van der Waals surface area contributed by atoms with Gasteiger partial charge in [0.1, 0.15) is 5.75 Å². The van der Waals surface area contributed by atoms with Crippen LogP contribution in [0.3, 0.4) is 0 Å². The summed E-state index contributed by atoms with van der Waals surface area (Å²) in [6, 6.07) is 7.72. The first-order chi connectivity index (χ1) is 7.22. The lowest BCUT2D eigenvalue weighted by molar-refractivity contribution is 0.416. The lowest BCUT2D eigenvalue weighted by Gasteiger charge is -2.06. The third-order valence-electron chi connectivity index (χ3n) is 2.09. The van der Waals surface area contributed by atoms with Gasteiger partial charge in [-0.3, -0.25) is 0 Å². The van der Waals surface area contributed by atoms with Crippen molar-refractivity contribution in [2.75, 3.05) is 7.11 Å². The minimum atomic E-state index is 0.575. The molecule has 2 aromatic rings. The summed E-state index contributed by atoms with van der Waals surface area (Å²) in [7, 11) is 3.49. The third-order valence-corrected chi connectivity index (χ3v) is 2.42. The van der Waals surface area contributed by atoms with Crippen LogP contribution in [-0.4, -0.2) is 21.9 Å². The third kappa shape index (κ3) is 1.87. The van der Waals surface area contributed by atoms with Crippen molar-refractivity contribution >= 4 is 15.9 Å². The van der Waals surface area contributed by atoms with Crippen molar-refractivity contribution in [3.05, 3.63) is 29.0 Å². The predicted molar refractivity (Wildman–Crippen MR) is 60.7 cm³/mol. The maximum Gasteiger partial charge on any atom is 0.217 e. The fourth-order valence-corrected chi connectivity index (χ4v) is 1.82. The molecule has 0 aliphatic carbocycles. The summed E-state index contributed by atoms with van der Waals surface area (Å²) in [6.45, 7) is 0. The van der Waals surface area contributed by atoms with Crippen molar-refractivity contribution < 1.29 is 4.74 Å². The summed E-state index contributed by atoms with van der Waals surface area (Å²) in [5.74, 6) is 1.57. The molecular formula is C10H10BrN3O. The molecule has 0 spiro atoms. The average Bonchev–Trinajstić information content (AvgIpc) is 2.57. The van der Waals surface area contributed by atoms with Crippen molar-refractivity contribution in [2.24, 2.45) is 7.05 Å². The monoisotopic (exact) mass is 267 g/mol. The number of aryl methyl sites for hydroxylation is 1. The van der Waals surface area contributed by atoms with E-state index in [0.717, 1.165) is 17.1 Å². The highest BCUT2D eigenvalue weighted by molar-refractivity contribution is 9.10. The summed E-state index contributed by atoms with van der Waals surface area (Å²) >= 11 is 3.24. The number of aromatic nitrogens is 3. The second-order valence-electron chi connectivity index (χ2n) is 3.03. The van der Waals surface area contributed by atoms with Crippen molar-refractivity contribution in [3.8, 4) is 17.1 Å². The van der Waals surface area contributed by atoms with Crippen LogP contribution >= 0.6 is 15.9 Å². The Morgan fingerprint density at radius 2 is 2.07 bits per heavy atom. The van der Waals surface area contributed by atoms with Crippen molar-refractivity contribution in [2.45, 2.75) is 0 Å². The van der Waals surface area contributed by atoms with Gasteiger partial charge in [0, 0.05) is 7.05 Å². The largest absolute Gasteiger partial charge is 0.496 e. The fraction of sp³-hybridized carbons (Fsp3) is 0.200. The molecule has 78 valence electrons. The molecule has 1 aromatic carbocycles. The molecule has 0 radical (unpaired) electrons. The zero-order valence-electron chi connectivity index (χ0n) is 8.44. The number of nitrogens with zero attached hydrogens (tertiary/aromatic N) is 3. The van der Waals surface area contributed by atoms with E-state index < -0.39 is 0 Å². The molecule has 4 nitrogen and oxygen atoms in total. The summed E-state index contributed by atoms with van der Waals surface area (Å²) in [4.78, 5) is 4.28. The first kappa shape index (κ1) is 10.2. The molecule has 2 rings (SSSR count). The fourth-order valence-electron chi connectivity index (χ4n) is 1.42. The van der Waals surface area contributed by atoms with Gasteiger partial charge >= 0.3 is 0 Å². The molecule has 0 aliphatic rings. The smallest absolute Gasteiger partial charge is 0.217 e. The van der Waals surface area contributed by atoms with Crippen LogP contribution in [-0.2, 0) is 7.05 Å². The standard InChI is InChI=1S/C10H10BrN3O/c1-14-9(12-10(11)13-14)7-5-3-4-6-8(7)15-2/h3-6H,1-2H3. The highest BCUT2D eigenvalue weighted by atomic mass is 79.9. The minimum absolute atomic E-state index is 0.575. The van der Waals surface area contributed by atoms with Gasteiger partial charge in [-0.1, -0.05) is 12.1 Å². The summed E-state index contributed by atoms with van der Waals surface area (Å²) in [5, 5.41) is 4.13. The van der Waals surface area contributed by atoms with E-state index in [0.29, 0.717) is 4.73 Å². The average molecular weight is 268 g/mol. The molecule has 0 atom stereocenters. The number of halogens is 1. The van der Waals surface area contributed by atoms with Gasteiger partial charge in [0.25, 0.3) is 0 Å². The number of hydrogen-bond donors (Lipinski definition) is 0. The molecule has 15 heavy (non-hydrogen) atoms. The van der Waals surface area contributed by atoms with Crippen LogP contribution in [0, 0.1) is 0 Å². The van der Waals surface area contributed by atoms with Crippen LogP contribution in [0.15, 0.2) is 29.0 Å². The molecule has 0 amide bonds. The minimum Gasteiger partial charge on any atom is -0.496 e. The predicted octanol–water partition coefficient (Wildman–Crippen LogP) is 2.25. The van der Waals surface area contributed by atoms with Crippen molar-refractivity contribution in [1.82, 2.24) is 14.8 Å². The normalized spacial score (nSPS) is 10.3. The SMILES string of the molecule is COc1ccccc1-c1nc(Br)nn1C. The van der Waals surface area contributed by atoms with Crippen LogP contribution in [0.1, 0.15) is 0 Å². The highest BCUT2D eigenvalue weighted by Gasteiger charge is 2.11. The van der Waals surface area contributed by atoms with E-state index in [-0.39, 0.29) is 0 Å². The van der Waals surface area contributed by atoms with Gasteiger partial charge < -0.3 is 4.74 Å². The Balaban J connectivity index is 2.58. The molecule has 0 saturated carbocycles. The lowest BCUT2D eigenvalue weighted by Crippen LogP contribution is -1.96. The second-order valence-corrected chi connectivity index (χ2v) is 3.74. The van der Waals surface area contributed by atoms with Crippen LogP contribution in [0.2, 0.25) is 0 Å². The van der Waals surface area contributed by atoms with Crippen LogP contribution in [0.4, 0.5) is 0 Å². The van der Waals surface area contributed by atoms with Gasteiger partial charge in [-0.25, -0.2) is 9.67 Å². The van der Waals surface area contributed by atoms with Gasteiger partial charge in [0.15, 0.2) is 5.82 Å². The molecule has 1 aromatic heterocycles. The molecule has 0 fully saturated rings. The number of rotatable bonds is 2. The zero-order valence-corrected chi connectivity index (χ0v) is 10.0. The molecule has 0 unspecified atom stereocenters. The lowest BCUT2D eigenvalue weighted by atomic mass is 10.2. The van der Waals surface area contributed by atoms with E-state index in [4.69, 9.17) is 4.74 Å². The zero-order chi connectivity index (χ0) is 10.8. The Morgan fingerprint density at radius 1 is 1.33 bits per heavy atom. The first-order valence-electron chi connectivity index (χ1n) is 4.42. The van der Waals surface area contributed by atoms with Gasteiger partial charge in [-0.05, 0) is 28.1 Å². The number of benzene rings is 1. The van der Waals surface area contributed by atoms with Gasteiger partial charge in [0.05, 0.1) is 12.7 Å². The van der Waals surface area contributed by atoms with Gasteiger partial charge in [-0.15, -0.1) is 5.10 Å². The number of para-hydroxylation sites is 1. The molecule has 0 N–H and O–H groups in total. The molecule has 0 aliphatic heterocycles. The Kier molecular flexibility index (Phi) is 2.73. The van der Waals surface area contributed by atoms with E-state index in [9.17, 15) is 0 Å². The summed E-state index contributed by atoms with van der Waals surface area (Å²) in [5.41, 5.74) is 0.931. The molecule has 5 heteroatoms. The quantitative estimate of drug-likeness (QED) is 0.838. The van der Waals surface area contributed by atoms with E-state index in [2.05, 4.69) is 26.0 Å². The van der Waals surface area contributed by atoms with Crippen LogP contribution in [0.25, 0.3) is 11.4 Å². The molecular weight excluding hydrogens is 258 g/mol. The number of methoxy groups -OCH3 is 1.